The molecule has 0 aliphatic heterocycles. The number of imidazole rings is 2. The van der Waals surface area contributed by atoms with Crippen LogP contribution in [-0.2, 0) is 18.3 Å². The summed E-state index contributed by atoms with van der Waals surface area (Å²) in [7, 11) is 3.18. The molecule has 0 unspecified atom stereocenters. The Morgan fingerprint density at radius 2 is 2.00 bits per heavy atom. The summed E-state index contributed by atoms with van der Waals surface area (Å²) in [5.41, 5.74) is 1.31. The van der Waals surface area contributed by atoms with Gasteiger partial charge in [0.2, 0.25) is 5.78 Å². The third kappa shape index (κ3) is 3.01. The summed E-state index contributed by atoms with van der Waals surface area (Å²) in [5, 5.41) is 0.541. The third-order valence-electron chi connectivity index (χ3n) is 5.07. The fraction of sp³-hybridized carbons (Fsp3) is 0.350. The Morgan fingerprint density at radius 3 is 2.70 bits per heavy atom. The van der Waals surface area contributed by atoms with E-state index >= 15 is 0 Å². The number of aromatic nitrogens is 5. The van der Waals surface area contributed by atoms with E-state index in [1.54, 1.807) is 36.8 Å². The van der Waals surface area contributed by atoms with Crippen LogP contribution in [0.2, 0.25) is 5.02 Å². The number of aryl methyl sites for hydroxylation is 2. The first-order valence-electron chi connectivity index (χ1n) is 9.50. The van der Waals surface area contributed by atoms with Crippen LogP contribution in [0.25, 0.3) is 22.6 Å². The smallest absolute Gasteiger partial charge is 0.332 e. The summed E-state index contributed by atoms with van der Waals surface area (Å²) >= 11 is 6.22. The van der Waals surface area contributed by atoms with Crippen molar-refractivity contribution in [2.75, 3.05) is 20.3 Å². The van der Waals surface area contributed by atoms with Gasteiger partial charge in [0.1, 0.15) is 5.75 Å². The van der Waals surface area contributed by atoms with Crippen molar-refractivity contribution in [3.8, 4) is 11.4 Å². The molecule has 158 valence electrons. The van der Waals surface area contributed by atoms with Gasteiger partial charge in [0, 0.05) is 30.6 Å². The van der Waals surface area contributed by atoms with Crippen LogP contribution in [-0.4, -0.2) is 43.4 Å². The van der Waals surface area contributed by atoms with Crippen molar-refractivity contribution in [3.63, 3.8) is 0 Å². The van der Waals surface area contributed by atoms with Gasteiger partial charge in [-0.15, -0.1) is 0 Å². The molecule has 0 radical (unpaired) electrons. The van der Waals surface area contributed by atoms with Crippen molar-refractivity contribution in [1.29, 1.82) is 0 Å². The molecular weight excluding hydrogens is 410 g/mol. The average molecular weight is 432 g/mol. The molecule has 0 fully saturated rings. The van der Waals surface area contributed by atoms with Crippen molar-refractivity contribution in [1.82, 2.24) is 23.1 Å². The molecule has 10 heteroatoms. The maximum atomic E-state index is 13.2. The molecule has 0 spiro atoms. The Bertz CT molecular complexity index is 1380. The van der Waals surface area contributed by atoms with Crippen molar-refractivity contribution in [2.45, 2.75) is 20.4 Å². The molecule has 0 atom stereocenters. The number of nitrogens with zero attached hydrogens (tertiary/aromatic N) is 5. The molecule has 0 aliphatic carbocycles. The van der Waals surface area contributed by atoms with Crippen molar-refractivity contribution in [2.24, 2.45) is 7.05 Å². The zero-order chi connectivity index (χ0) is 21.6. The van der Waals surface area contributed by atoms with Gasteiger partial charge in [-0.2, -0.15) is 4.98 Å². The van der Waals surface area contributed by atoms with E-state index in [0.717, 1.165) is 5.69 Å². The standard InChI is InChI=1S/C20H22ClN5O4/c1-5-30-9-8-24-18(27)16-17(23(3)20(24)28)22-19-25(16)11-12(2)26(19)14-10-13(21)6-7-15(14)29-4/h6-7,10-11H,5,8-9H2,1-4H3. The minimum atomic E-state index is -0.434. The summed E-state index contributed by atoms with van der Waals surface area (Å²) in [4.78, 5) is 30.5. The molecule has 0 N–H and O–H groups in total. The first-order valence-corrected chi connectivity index (χ1v) is 9.88. The predicted molar refractivity (Wildman–Crippen MR) is 114 cm³/mol. The molecule has 0 saturated heterocycles. The van der Waals surface area contributed by atoms with E-state index in [9.17, 15) is 9.59 Å². The molecule has 4 rings (SSSR count). The fourth-order valence-electron chi connectivity index (χ4n) is 3.64. The highest BCUT2D eigenvalue weighted by Crippen LogP contribution is 2.30. The molecular formula is C20H22ClN5O4. The van der Waals surface area contributed by atoms with Gasteiger partial charge in [-0.05, 0) is 32.0 Å². The maximum absolute atomic E-state index is 13.2. The van der Waals surface area contributed by atoms with Gasteiger partial charge in [0.05, 0.1) is 25.9 Å². The Hall–Kier alpha value is -3.04. The van der Waals surface area contributed by atoms with Gasteiger partial charge < -0.3 is 9.47 Å². The Kier molecular flexibility index (Phi) is 5.17. The van der Waals surface area contributed by atoms with Crippen LogP contribution in [0.15, 0.2) is 34.0 Å². The molecule has 3 heterocycles. The number of halogens is 1. The van der Waals surface area contributed by atoms with E-state index in [2.05, 4.69) is 4.98 Å². The first kappa shape index (κ1) is 20.2. The highest BCUT2D eigenvalue weighted by atomic mass is 35.5. The monoisotopic (exact) mass is 431 g/mol. The minimum Gasteiger partial charge on any atom is -0.495 e. The second kappa shape index (κ2) is 7.66. The number of methoxy groups -OCH3 is 1. The highest BCUT2D eigenvalue weighted by molar-refractivity contribution is 6.30. The summed E-state index contributed by atoms with van der Waals surface area (Å²) in [6, 6.07) is 5.28. The summed E-state index contributed by atoms with van der Waals surface area (Å²) < 4.78 is 16.9. The van der Waals surface area contributed by atoms with Crippen LogP contribution in [0, 0.1) is 6.92 Å². The van der Waals surface area contributed by atoms with E-state index in [1.807, 2.05) is 24.6 Å². The van der Waals surface area contributed by atoms with E-state index in [-0.39, 0.29) is 13.2 Å². The van der Waals surface area contributed by atoms with Gasteiger partial charge in [-0.3, -0.25) is 22.9 Å². The molecule has 0 bridgehead atoms. The van der Waals surface area contributed by atoms with Crippen LogP contribution in [0.3, 0.4) is 0 Å². The lowest BCUT2D eigenvalue weighted by atomic mass is 10.3. The number of ether oxygens (including phenoxy) is 2. The lowest BCUT2D eigenvalue weighted by Gasteiger charge is -2.11. The Morgan fingerprint density at radius 1 is 1.23 bits per heavy atom. The van der Waals surface area contributed by atoms with Crippen LogP contribution in [0.5, 0.6) is 5.75 Å². The molecule has 1 aromatic carbocycles. The van der Waals surface area contributed by atoms with Gasteiger partial charge in [0.25, 0.3) is 5.56 Å². The fourth-order valence-corrected chi connectivity index (χ4v) is 3.81. The van der Waals surface area contributed by atoms with Gasteiger partial charge in [-0.1, -0.05) is 11.6 Å². The van der Waals surface area contributed by atoms with E-state index in [4.69, 9.17) is 21.1 Å². The molecule has 30 heavy (non-hydrogen) atoms. The molecule has 3 aromatic heterocycles. The second-order valence-corrected chi connectivity index (χ2v) is 7.31. The van der Waals surface area contributed by atoms with Crippen LogP contribution in [0.1, 0.15) is 12.6 Å². The highest BCUT2D eigenvalue weighted by Gasteiger charge is 2.22. The number of hydrogen-bond acceptors (Lipinski definition) is 5. The summed E-state index contributed by atoms with van der Waals surface area (Å²) in [5.74, 6) is 1.09. The maximum Gasteiger partial charge on any atom is 0.332 e. The molecule has 4 aromatic rings. The second-order valence-electron chi connectivity index (χ2n) is 6.87. The van der Waals surface area contributed by atoms with Gasteiger partial charge >= 0.3 is 5.69 Å². The molecule has 0 saturated carbocycles. The zero-order valence-corrected chi connectivity index (χ0v) is 17.9. The van der Waals surface area contributed by atoms with E-state index < -0.39 is 11.2 Å². The Labute approximate surface area is 176 Å². The van der Waals surface area contributed by atoms with Crippen LogP contribution < -0.4 is 16.0 Å². The van der Waals surface area contributed by atoms with Crippen LogP contribution >= 0.6 is 11.6 Å². The molecule has 0 aliphatic rings. The van der Waals surface area contributed by atoms with Gasteiger partial charge in [0.15, 0.2) is 11.2 Å². The minimum absolute atomic E-state index is 0.171. The summed E-state index contributed by atoms with van der Waals surface area (Å²) in [6.07, 6.45) is 1.81. The third-order valence-corrected chi connectivity index (χ3v) is 5.31. The quantitative estimate of drug-likeness (QED) is 0.437. The zero-order valence-electron chi connectivity index (χ0n) is 17.2. The molecule has 0 amide bonds. The topological polar surface area (TPSA) is 84.7 Å². The predicted octanol–water partition coefficient (Wildman–Crippen LogP) is 2.15. The summed E-state index contributed by atoms with van der Waals surface area (Å²) in [6.45, 7) is 4.72. The van der Waals surface area contributed by atoms with Gasteiger partial charge in [-0.25, -0.2) is 4.79 Å². The average Bonchev–Trinajstić information content (AvgIpc) is 3.23. The van der Waals surface area contributed by atoms with E-state index in [1.165, 1.54) is 9.13 Å². The number of fused-ring (bicyclic) bond motifs is 3. The largest absolute Gasteiger partial charge is 0.495 e. The number of rotatable bonds is 6. The SMILES string of the molecule is CCOCCn1c(=O)c2c(nc3n(-c4cc(Cl)ccc4OC)c(C)cn23)n(C)c1=O. The van der Waals surface area contributed by atoms with Crippen molar-refractivity contribution >= 4 is 28.5 Å². The lowest BCUT2D eigenvalue weighted by Crippen LogP contribution is -2.40. The normalized spacial score (nSPS) is 11.6. The number of hydrogen-bond donors (Lipinski definition) is 0. The Balaban J connectivity index is 2.04. The lowest BCUT2D eigenvalue weighted by molar-refractivity contribution is 0.137. The van der Waals surface area contributed by atoms with E-state index in [0.29, 0.717) is 40.0 Å². The van der Waals surface area contributed by atoms with Crippen LogP contribution in [0.4, 0.5) is 0 Å². The first-order chi connectivity index (χ1) is 14.4. The van der Waals surface area contributed by atoms with Crippen molar-refractivity contribution in [3.05, 3.63) is 56.0 Å². The molecule has 9 nitrogen and oxygen atoms in total. The van der Waals surface area contributed by atoms with Crippen molar-refractivity contribution < 1.29 is 9.47 Å². The number of benzene rings is 1.